The SMILES string of the molecule is CCn1c(-c2cc(N3CCN(C)CC3)cnc2[C@H](C)OC)c2c3cc(ccc31)-c1csc(n1)C[C@H](NC(=O)[C@H](C(C)C)N(C)C(=O)[C@H]1CCNC1=O)C(=O)N1CCC[C@H](N1)C(=O)OCC(C)(C)C2. The Hall–Kier alpha value is -5.43. The summed E-state index contributed by atoms with van der Waals surface area (Å²) in [6.45, 7) is 17.3. The second-order valence-electron chi connectivity index (χ2n) is 20.0. The molecule has 0 aliphatic carbocycles. The van der Waals surface area contributed by atoms with Crippen molar-refractivity contribution in [2.24, 2.45) is 17.3 Å². The van der Waals surface area contributed by atoms with Crippen molar-refractivity contribution in [2.75, 3.05) is 72.0 Å². The van der Waals surface area contributed by atoms with E-state index in [1.54, 1.807) is 7.11 Å². The smallest absolute Gasteiger partial charge is 0.324 e. The highest BCUT2D eigenvalue weighted by Crippen LogP contribution is 2.43. The zero-order valence-corrected chi connectivity index (χ0v) is 41.8. The van der Waals surface area contributed by atoms with Gasteiger partial charge in [0.1, 0.15) is 24.0 Å². The number of hydrogen-bond acceptors (Lipinski definition) is 13. The number of amides is 4. The molecule has 0 unspecified atom stereocenters. The number of aryl methyl sites for hydroxylation is 1. The number of benzene rings is 1. The lowest BCUT2D eigenvalue weighted by Gasteiger charge is -2.36. The molecule has 0 radical (unpaired) electrons. The highest BCUT2D eigenvalue weighted by molar-refractivity contribution is 7.10. The molecule has 7 heterocycles. The number of carbonyl (C=O) groups is 5. The summed E-state index contributed by atoms with van der Waals surface area (Å²) < 4.78 is 14.5. The van der Waals surface area contributed by atoms with Crippen LogP contribution in [-0.2, 0) is 52.8 Å². The monoisotopic (exact) mass is 952 g/mol. The van der Waals surface area contributed by atoms with Crippen LogP contribution in [0.1, 0.15) is 83.2 Å². The number of thiazole rings is 1. The number of esters is 1. The molecule has 3 saturated heterocycles. The minimum atomic E-state index is -1.10. The summed E-state index contributed by atoms with van der Waals surface area (Å²) in [5, 5.41) is 10.8. The van der Waals surface area contributed by atoms with Crippen LogP contribution in [0.3, 0.4) is 0 Å². The van der Waals surface area contributed by atoms with Crippen molar-refractivity contribution in [2.45, 2.75) is 104 Å². The number of likely N-dealkylation sites (N-methyl/N-ethyl adjacent to an activating group) is 2. The first-order valence-electron chi connectivity index (χ1n) is 24.1. The number of nitrogens with zero attached hydrogens (tertiary/aromatic N) is 7. The van der Waals surface area contributed by atoms with Crippen molar-refractivity contribution >= 4 is 57.5 Å². The number of anilines is 1. The number of hydrazine groups is 1. The lowest BCUT2D eigenvalue weighted by molar-refractivity contribution is -0.155. The van der Waals surface area contributed by atoms with E-state index < -0.39 is 53.1 Å². The fraction of sp³-hybridized carbons (Fsp3) is 0.580. The van der Waals surface area contributed by atoms with Gasteiger partial charge in [-0.15, -0.1) is 11.3 Å². The van der Waals surface area contributed by atoms with Gasteiger partial charge in [-0.1, -0.05) is 33.8 Å². The van der Waals surface area contributed by atoms with Crippen molar-refractivity contribution in [1.29, 1.82) is 0 Å². The van der Waals surface area contributed by atoms with Crippen LogP contribution in [-0.4, -0.2) is 144 Å². The average Bonchev–Trinajstić information content (AvgIpc) is 4.06. The third kappa shape index (κ3) is 10.0. The zero-order valence-electron chi connectivity index (χ0n) is 41.0. The highest BCUT2D eigenvalue weighted by atomic mass is 32.1. The van der Waals surface area contributed by atoms with Gasteiger partial charge in [0.05, 0.1) is 46.7 Å². The van der Waals surface area contributed by atoms with Crippen LogP contribution in [0.2, 0.25) is 0 Å². The van der Waals surface area contributed by atoms with E-state index in [-0.39, 0.29) is 31.0 Å². The molecule has 3 aromatic heterocycles. The molecule has 18 heteroatoms. The van der Waals surface area contributed by atoms with Crippen molar-refractivity contribution in [3.05, 3.63) is 52.1 Å². The number of piperazine rings is 1. The largest absolute Gasteiger partial charge is 0.464 e. The number of hydrogen-bond donors (Lipinski definition) is 3. The highest BCUT2D eigenvalue weighted by Gasteiger charge is 2.41. The van der Waals surface area contributed by atoms with Gasteiger partial charge in [-0.25, -0.2) is 10.4 Å². The van der Waals surface area contributed by atoms with E-state index in [2.05, 4.69) is 82.5 Å². The molecule has 4 aliphatic heterocycles. The summed E-state index contributed by atoms with van der Waals surface area (Å²) in [5.74, 6) is -3.45. The summed E-state index contributed by atoms with van der Waals surface area (Å²) in [4.78, 5) is 85.4. The lowest BCUT2D eigenvalue weighted by Crippen LogP contribution is -2.62. The number of ether oxygens (including phenoxy) is 2. The first kappa shape index (κ1) is 49.0. The van der Waals surface area contributed by atoms with E-state index in [0.29, 0.717) is 50.3 Å². The normalized spacial score (nSPS) is 22.4. The molecule has 0 spiro atoms. The van der Waals surface area contributed by atoms with E-state index in [1.807, 2.05) is 32.3 Å². The van der Waals surface area contributed by atoms with Crippen molar-refractivity contribution < 1.29 is 33.4 Å². The molecule has 3 fully saturated rings. The quantitative estimate of drug-likeness (QED) is 0.149. The van der Waals surface area contributed by atoms with Gasteiger partial charge in [-0.2, -0.15) is 0 Å². The first-order chi connectivity index (χ1) is 32.5. The van der Waals surface area contributed by atoms with Crippen LogP contribution in [0.25, 0.3) is 33.4 Å². The lowest BCUT2D eigenvalue weighted by atomic mass is 9.84. The summed E-state index contributed by atoms with van der Waals surface area (Å²) in [6.07, 6.45) is 3.65. The van der Waals surface area contributed by atoms with Crippen LogP contribution in [0, 0.1) is 17.3 Å². The summed E-state index contributed by atoms with van der Waals surface area (Å²) in [7, 11) is 5.39. The predicted octanol–water partition coefficient (Wildman–Crippen LogP) is 4.57. The third-order valence-electron chi connectivity index (χ3n) is 14.1. The van der Waals surface area contributed by atoms with Crippen LogP contribution in [0.5, 0.6) is 0 Å². The number of fused-ring (bicyclic) bond motifs is 6. The van der Waals surface area contributed by atoms with Crippen LogP contribution in [0.4, 0.5) is 5.69 Å². The number of methoxy groups -OCH3 is 1. The Morgan fingerprint density at radius 2 is 1.84 bits per heavy atom. The Morgan fingerprint density at radius 1 is 1.07 bits per heavy atom. The minimum absolute atomic E-state index is 0.0607. The Labute approximate surface area is 403 Å². The van der Waals surface area contributed by atoms with Crippen LogP contribution >= 0.6 is 11.3 Å². The van der Waals surface area contributed by atoms with Gasteiger partial charge in [0.25, 0.3) is 5.91 Å². The maximum Gasteiger partial charge on any atom is 0.324 e. The molecule has 4 amide bonds. The molecule has 1 aromatic carbocycles. The summed E-state index contributed by atoms with van der Waals surface area (Å²) in [5.41, 5.74) is 10.4. The van der Waals surface area contributed by atoms with Crippen LogP contribution < -0.4 is 21.0 Å². The average molecular weight is 953 g/mol. The number of cyclic esters (lactones) is 1. The summed E-state index contributed by atoms with van der Waals surface area (Å²) in [6, 6.07) is 5.83. The molecule has 4 aromatic rings. The summed E-state index contributed by atoms with van der Waals surface area (Å²) >= 11 is 1.40. The van der Waals surface area contributed by atoms with E-state index in [1.165, 1.54) is 28.3 Å². The molecule has 3 N–H and O–H groups in total. The van der Waals surface area contributed by atoms with Crippen molar-refractivity contribution in [1.82, 2.24) is 45.4 Å². The molecule has 17 nitrogen and oxygen atoms in total. The number of aromatic nitrogens is 3. The molecule has 366 valence electrons. The molecular weight excluding hydrogens is 885 g/mol. The number of carbonyl (C=O) groups excluding carboxylic acids is 5. The second-order valence-corrected chi connectivity index (χ2v) is 21.0. The second kappa shape index (κ2) is 20.3. The standard InChI is InChI=1S/C50H68N10O7S/c1-10-59-40-14-13-31-22-34(40)36(44(59)35-23-32(26-52-42(35)30(4)66-9)58-20-18-56(7)19-21-58)25-50(5,6)28-67-49(65)37-12-11-17-60(55-37)48(64)38(24-41-53-39(31)27-68-41)54-46(62)43(29(2)3)57(8)47(63)33-15-16-51-45(33)61/h13-14,22-23,26-27,29-30,33,37-38,43,55H,10-12,15-21,24-25,28H2,1-9H3,(H,51,61)(H,54,62)/t30-,33-,37-,38-,43-/m0/s1. The zero-order chi connectivity index (χ0) is 48.6. The molecule has 8 rings (SSSR count). The van der Waals surface area contributed by atoms with Crippen molar-refractivity contribution in [3.63, 3.8) is 0 Å². The fourth-order valence-electron chi connectivity index (χ4n) is 10.2. The maximum absolute atomic E-state index is 14.6. The Balaban J connectivity index is 1.21. The van der Waals surface area contributed by atoms with Gasteiger partial charge in [0.15, 0.2) is 0 Å². The number of rotatable bonds is 10. The fourth-order valence-corrected chi connectivity index (χ4v) is 11.1. The topological polar surface area (TPSA) is 184 Å². The van der Waals surface area contributed by atoms with E-state index in [4.69, 9.17) is 19.4 Å². The Bertz CT molecular complexity index is 2550. The van der Waals surface area contributed by atoms with Gasteiger partial charge in [-0.05, 0) is 76.3 Å². The Kier molecular flexibility index (Phi) is 14.6. The van der Waals surface area contributed by atoms with Gasteiger partial charge in [-0.3, -0.25) is 34.0 Å². The van der Waals surface area contributed by atoms with E-state index in [9.17, 15) is 24.0 Å². The predicted molar refractivity (Wildman–Crippen MR) is 262 cm³/mol. The maximum atomic E-state index is 14.6. The van der Waals surface area contributed by atoms with E-state index in [0.717, 1.165) is 76.5 Å². The number of nitrogens with one attached hydrogen (secondary N) is 3. The molecule has 0 saturated carbocycles. The van der Waals surface area contributed by atoms with Gasteiger partial charge in [0.2, 0.25) is 17.7 Å². The van der Waals surface area contributed by atoms with Gasteiger partial charge >= 0.3 is 5.97 Å². The van der Waals surface area contributed by atoms with E-state index >= 15 is 0 Å². The van der Waals surface area contributed by atoms with Crippen LogP contribution in [0.15, 0.2) is 35.8 Å². The molecule has 4 aliphatic rings. The first-order valence-corrected chi connectivity index (χ1v) is 25.0. The third-order valence-corrected chi connectivity index (χ3v) is 15.0. The molecule has 6 bridgehead atoms. The molecular formula is C50H68N10O7S. The molecule has 5 atom stereocenters. The van der Waals surface area contributed by atoms with Gasteiger partial charge in [0, 0.05) is 99.2 Å². The number of pyridine rings is 1. The van der Waals surface area contributed by atoms with Gasteiger partial charge < -0.3 is 39.4 Å². The Morgan fingerprint density at radius 3 is 2.53 bits per heavy atom. The van der Waals surface area contributed by atoms with Crippen molar-refractivity contribution in [3.8, 4) is 22.5 Å². The molecule has 68 heavy (non-hydrogen) atoms. The minimum Gasteiger partial charge on any atom is -0.464 e.